The second-order valence-electron chi connectivity index (χ2n) is 3.71. The number of hydrogen-bond donors (Lipinski definition) is 2. The molecule has 2 rings (SSSR count). The molecule has 2 aliphatic heterocycles. The van der Waals surface area contributed by atoms with Gasteiger partial charge in [0.2, 0.25) is 0 Å². The first-order valence-electron chi connectivity index (χ1n) is 4.53. The van der Waals surface area contributed by atoms with Crippen LogP contribution in [0.4, 0.5) is 4.79 Å². The van der Waals surface area contributed by atoms with Crippen LogP contribution in [0.25, 0.3) is 0 Å². The SMILES string of the molecule is O=C(O)N1CC[C@@]2(COCCN2)C1. The third-order valence-electron chi connectivity index (χ3n) is 2.75. The molecule has 0 aromatic heterocycles. The molecule has 0 aromatic carbocycles. The highest BCUT2D eigenvalue weighted by Crippen LogP contribution is 2.23. The molecule has 1 spiro atoms. The summed E-state index contributed by atoms with van der Waals surface area (Å²) in [5.41, 5.74) is -0.101. The molecule has 1 amide bonds. The smallest absolute Gasteiger partial charge is 0.407 e. The predicted octanol–water partition coefficient (Wildman–Crippen LogP) is -0.271. The fourth-order valence-electron chi connectivity index (χ4n) is 2.00. The Bertz CT molecular complexity index is 213. The lowest BCUT2D eigenvalue weighted by Crippen LogP contribution is -2.56. The maximum absolute atomic E-state index is 10.7. The number of nitrogens with one attached hydrogen (secondary N) is 1. The van der Waals surface area contributed by atoms with E-state index >= 15 is 0 Å². The number of amides is 1. The van der Waals surface area contributed by atoms with Crippen molar-refractivity contribution in [3.63, 3.8) is 0 Å². The van der Waals surface area contributed by atoms with Crippen molar-refractivity contribution in [2.45, 2.75) is 12.0 Å². The quantitative estimate of drug-likeness (QED) is 0.546. The van der Waals surface area contributed by atoms with Crippen LogP contribution in [0.1, 0.15) is 6.42 Å². The minimum Gasteiger partial charge on any atom is -0.465 e. The maximum Gasteiger partial charge on any atom is 0.407 e. The van der Waals surface area contributed by atoms with Gasteiger partial charge in [-0.25, -0.2) is 4.79 Å². The Balaban J connectivity index is 1.98. The summed E-state index contributed by atoms with van der Waals surface area (Å²) < 4.78 is 5.35. The Morgan fingerprint density at radius 2 is 2.46 bits per heavy atom. The van der Waals surface area contributed by atoms with Gasteiger partial charge in [0.25, 0.3) is 0 Å². The molecule has 2 aliphatic rings. The Hall–Kier alpha value is -0.810. The van der Waals surface area contributed by atoms with Crippen molar-refractivity contribution >= 4 is 6.09 Å². The molecule has 0 bridgehead atoms. The van der Waals surface area contributed by atoms with E-state index < -0.39 is 6.09 Å². The average Bonchev–Trinajstić information content (AvgIpc) is 2.51. The molecule has 2 fully saturated rings. The van der Waals surface area contributed by atoms with Crippen LogP contribution in [-0.4, -0.2) is 54.5 Å². The zero-order chi connectivity index (χ0) is 9.31. The number of morpholine rings is 1. The van der Waals surface area contributed by atoms with E-state index in [1.165, 1.54) is 4.90 Å². The minimum atomic E-state index is -0.829. The molecule has 1 atom stereocenters. The second-order valence-corrected chi connectivity index (χ2v) is 3.71. The highest BCUT2D eigenvalue weighted by molar-refractivity contribution is 5.65. The fourth-order valence-corrected chi connectivity index (χ4v) is 2.00. The molecule has 2 heterocycles. The Kier molecular flexibility index (Phi) is 2.13. The van der Waals surface area contributed by atoms with Crippen molar-refractivity contribution in [2.24, 2.45) is 0 Å². The summed E-state index contributed by atoms with van der Waals surface area (Å²) in [6.07, 6.45) is 0.0310. The van der Waals surface area contributed by atoms with E-state index in [4.69, 9.17) is 9.84 Å². The van der Waals surface area contributed by atoms with Crippen molar-refractivity contribution in [3.05, 3.63) is 0 Å². The number of carbonyl (C=O) groups is 1. The molecular formula is C8H14N2O3. The van der Waals surface area contributed by atoms with E-state index in [0.717, 1.165) is 19.6 Å². The van der Waals surface area contributed by atoms with E-state index in [1.54, 1.807) is 0 Å². The van der Waals surface area contributed by atoms with Crippen molar-refractivity contribution in [3.8, 4) is 0 Å². The van der Waals surface area contributed by atoms with E-state index in [-0.39, 0.29) is 5.54 Å². The summed E-state index contributed by atoms with van der Waals surface area (Å²) in [4.78, 5) is 12.1. The van der Waals surface area contributed by atoms with Crippen LogP contribution in [0.2, 0.25) is 0 Å². The summed E-state index contributed by atoms with van der Waals surface area (Å²) in [5.74, 6) is 0. The molecular weight excluding hydrogens is 172 g/mol. The zero-order valence-electron chi connectivity index (χ0n) is 7.45. The van der Waals surface area contributed by atoms with Crippen molar-refractivity contribution in [2.75, 3.05) is 32.8 Å². The summed E-state index contributed by atoms with van der Waals surface area (Å²) in [6, 6.07) is 0. The van der Waals surface area contributed by atoms with Crippen LogP contribution in [0.15, 0.2) is 0 Å². The zero-order valence-corrected chi connectivity index (χ0v) is 7.45. The lowest BCUT2D eigenvalue weighted by molar-refractivity contribution is 0.0314. The van der Waals surface area contributed by atoms with Gasteiger partial charge in [-0.1, -0.05) is 0 Å². The van der Waals surface area contributed by atoms with Crippen LogP contribution >= 0.6 is 0 Å². The molecule has 2 N–H and O–H groups in total. The molecule has 5 nitrogen and oxygen atoms in total. The lowest BCUT2D eigenvalue weighted by Gasteiger charge is -2.34. The van der Waals surface area contributed by atoms with Gasteiger partial charge in [0.1, 0.15) is 0 Å². The van der Waals surface area contributed by atoms with Gasteiger partial charge in [-0.05, 0) is 6.42 Å². The first kappa shape index (κ1) is 8.77. The van der Waals surface area contributed by atoms with Crippen molar-refractivity contribution in [1.29, 1.82) is 0 Å². The van der Waals surface area contributed by atoms with Crippen LogP contribution in [0, 0.1) is 0 Å². The van der Waals surface area contributed by atoms with Gasteiger partial charge in [-0.3, -0.25) is 0 Å². The van der Waals surface area contributed by atoms with Gasteiger partial charge >= 0.3 is 6.09 Å². The third-order valence-corrected chi connectivity index (χ3v) is 2.75. The monoisotopic (exact) mass is 186 g/mol. The first-order valence-corrected chi connectivity index (χ1v) is 4.53. The van der Waals surface area contributed by atoms with Gasteiger partial charge in [0, 0.05) is 19.6 Å². The number of hydrogen-bond acceptors (Lipinski definition) is 3. The summed E-state index contributed by atoms with van der Waals surface area (Å²) in [7, 11) is 0. The Labute approximate surface area is 76.7 Å². The van der Waals surface area contributed by atoms with E-state index in [0.29, 0.717) is 19.7 Å². The van der Waals surface area contributed by atoms with Crippen molar-refractivity contribution in [1.82, 2.24) is 10.2 Å². The predicted molar refractivity (Wildman–Crippen MR) is 45.8 cm³/mol. The number of carboxylic acid groups (broad SMARTS) is 1. The fraction of sp³-hybridized carbons (Fsp3) is 0.875. The van der Waals surface area contributed by atoms with E-state index in [2.05, 4.69) is 5.32 Å². The Morgan fingerprint density at radius 1 is 1.62 bits per heavy atom. The van der Waals surface area contributed by atoms with Crippen LogP contribution in [0.5, 0.6) is 0 Å². The van der Waals surface area contributed by atoms with Crippen LogP contribution in [-0.2, 0) is 4.74 Å². The molecule has 0 aromatic rings. The molecule has 5 heteroatoms. The Morgan fingerprint density at radius 3 is 3.00 bits per heavy atom. The van der Waals surface area contributed by atoms with Gasteiger partial charge < -0.3 is 20.1 Å². The standard InChI is InChI=1S/C8H14N2O3/c11-7(12)10-3-1-8(5-10)6-13-4-2-9-8/h9H,1-6H2,(H,11,12)/t8-/m0/s1. The second kappa shape index (κ2) is 3.16. The molecule has 0 unspecified atom stereocenters. The molecule has 0 saturated carbocycles. The van der Waals surface area contributed by atoms with Gasteiger partial charge in [0.05, 0.1) is 18.8 Å². The van der Waals surface area contributed by atoms with E-state index in [9.17, 15) is 4.79 Å². The third kappa shape index (κ3) is 1.62. The number of rotatable bonds is 0. The molecule has 74 valence electrons. The van der Waals surface area contributed by atoms with Crippen LogP contribution < -0.4 is 5.32 Å². The summed E-state index contributed by atoms with van der Waals surface area (Å²) >= 11 is 0. The maximum atomic E-state index is 10.7. The summed E-state index contributed by atoms with van der Waals surface area (Å²) in [6.45, 7) is 3.37. The number of nitrogens with zero attached hydrogens (tertiary/aromatic N) is 1. The molecule has 13 heavy (non-hydrogen) atoms. The van der Waals surface area contributed by atoms with Crippen LogP contribution in [0.3, 0.4) is 0 Å². The minimum absolute atomic E-state index is 0.101. The van der Waals surface area contributed by atoms with Gasteiger partial charge in [-0.2, -0.15) is 0 Å². The molecule has 0 aliphatic carbocycles. The largest absolute Gasteiger partial charge is 0.465 e. The highest BCUT2D eigenvalue weighted by Gasteiger charge is 2.41. The highest BCUT2D eigenvalue weighted by atomic mass is 16.5. The number of ether oxygens (including phenoxy) is 1. The topological polar surface area (TPSA) is 61.8 Å². The molecule has 2 saturated heterocycles. The van der Waals surface area contributed by atoms with E-state index in [1.807, 2.05) is 0 Å². The first-order chi connectivity index (χ1) is 6.22. The molecule has 0 radical (unpaired) electrons. The summed E-state index contributed by atoms with van der Waals surface area (Å²) in [5, 5.41) is 12.1. The average molecular weight is 186 g/mol. The van der Waals surface area contributed by atoms with Crippen molar-refractivity contribution < 1.29 is 14.6 Å². The van der Waals surface area contributed by atoms with Gasteiger partial charge in [0.15, 0.2) is 0 Å². The van der Waals surface area contributed by atoms with Gasteiger partial charge in [-0.15, -0.1) is 0 Å². The lowest BCUT2D eigenvalue weighted by atomic mass is 9.99. The normalized spacial score (nSPS) is 34.0. The number of likely N-dealkylation sites (tertiary alicyclic amines) is 1.